The number of carbonyl (C=O) groups is 2. The number of nitrogens with zero attached hydrogens (tertiary/aromatic N) is 3. The lowest BCUT2D eigenvalue weighted by Crippen LogP contribution is -2.60. The zero-order valence-corrected chi connectivity index (χ0v) is 21.4. The molecule has 1 saturated heterocycles. The largest absolute Gasteiger partial charge is 0.480 e. The fraction of sp³-hybridized carbons (Fsp3) is 0.364. The first-order chi connectivity index (χ1) is 15.6. The highest BCUT2D eigenvalue weighted by molar-refractivity contribution is 14.1. The molecule has 1 aliphatic rings. The number of nitrogens with one attached hydrogen (secondary N) is 1. The van der Waals surface area contributed by atoms with Crippen molar-refractivity contribution in [2.24, 2.45) is 0 Å². The number of rotatable bonds is 8. The molecule has 0 saturated carbocycles. The van der Waals surface area contributed by atoms with Gasteiger partial charge in [0.25, 0.3) is 0 Å². The molecule has 178 valence electrons. The van der Waals surface area contributed by atoms with Gasteiger partial charge in [-0.05, 0) is 64.6 Å². The zero-order chi connectivity index (χ0) is 24.2. The van der Waals surface area contributed by atoms with Gasteiger partial charge >= 0.3 is 5.97 Å². The smallest absolute Gasteiger partial charge is 0.317 e. The number of aliphatic carboxylic acids is 1. The number of carbonyl (C=O) groups excluding carboxylic acids is 1. The van der Waals surface area contributed by atoms with E-state index in [2.05, 4.69) is 27.9 Å². The number of halogens is 1. The summed E-state index contributed by atoms with van der Waals surface area (Å²) in [5, 5.41) is 12.0. The van der Waals surface area contributed by atoms with E-state index >= 15 is 0 Å². The van der Waals surface area contributed by atoms with E-state index in [1.54, 1.807) is 17.0 Å². The number of hydrogen-bond donors (Lipinski definition) is 2. The maximum atomic E-state index is 13.3. The topological polar surface area (TPSA) is 110 Å². The molecule has 0 spiro atoms. The molecule has 2 aromatic carbocycles. The summed E-state index contributed by atoms with van der Waals surface area (Å²) in [6, 6.07) is 13.0. The number of amides is 1. The maximum Gasteiger partial charge on any atom is 0.317 e. The molecule has 1 heterocycles. The molecule has 1 fully saturated rings. The molecule has 0 aromatic heterocycles. The standard InChI is InChI=1S/C22H27IN4O5S/c1-25(2)18-7-3-16(4-8-18)13-24-22(30)20-14-26(15-21(28)29)11-12-27(20)33(31,32)19-9-5-17(23)6-10-19/h3-10,20H,11-15H2,1-2H3,(H,24,30)(H,28,29). The minimum atomic E-state index is -3.93. The fourth-order valence-corrected chi connectivity index (χ4v) is 5.55. The second kappa shape index (κ2) is 10.8. The Morgan fingerprint density at radius 1 is 1.09 bits per heavy atom. The third-order valence-electron chi connectivity index (χ3n) is 5.42. The van der Waals surface area contributed by atoms with E-state index in [1.807, 2.05) is 43.3 Å². The Hall–Kier alpha value is -2.22. The summed E-state index contributed by atoms with van der Waals surface area (Å²) in [5.74, 6) is -1.49. The summed E-state index contributed by atoms with van der Waals surface area (Å²) in [6.07, 6.45) is 0. The lowest BCUT2D eigenvalue weighted by Gasteiger charge is -2.39. The van der Waals surface area contributed by atoms with Crippen molar-refractivity contribution in [3.63, 3.8) is 0 Å². The van der Waals surface area contributed by atoms with Gasteiger partial charge in [-0.15, -0.1) is 0 Å². The number of sulfonamides is 1. The van der Waals surface area contributed by atoms with Crippen LogP contribution in [0.4, 0.5) is 5.69 Å². The van der Waals surface area contributed by atoms with Gasteiger partial charge in [0, 0.05) is 49.5 Å². The van der Waals surface area contributed by atoms with Gasteiger partial charge in [0.2, 0.25) is 15.9 Å². The summed E-state index contributed by atoms with van der Waals surface area (Å²) in [6.45, 7) is 0.233. The fourth-order valence-electron chi connectivity index (χ4n) is 3.62. The van der Waals surface area contributed by atoms with E-state index in [0.717, 1.165) is 14.8 Å². The molecule has 0 aliphatic carbocycles. The van der Waals surface area contributed by atoms with E-state index in [0.29, 0.717) is 0 Å². The number of anilines is 1. The number of piperazine rings is 1. The van der Waals surface area contributed by atoms with Gasteiger partial charge in [-0.1, -0.05) is 12.1 Å². The molecule has 1 amide bonds. The molecule has 11 heteroatoms. The van der Waals surface area contributed by atoms with Gasteiger partial charge in [-0.2, -0.15) is 4.31 Å². The summed E-state index contributed by atoms with van der Waals surface area (Å²) in [5.41, 5.74) is 1.90. The van der Waals surface area contributed by atoms with Crippen LogP contribution < -0.4 is 10.2 Å². The van der Waals surface area contributed by atoms with E-state index in [-0.39, 0.29) is 37.6 Å². The predicted octanol–water partition coefficient (Wildman–Crippen LogP) is 1.43. The molecular formula is C22H27IN4O5S. The Kier molecular flexibility index (Phi) is 8.32. The minimum Gasteiger partial charge on any atom is -0.480 e. The van der Waals surface area contributed by atoms with Crippen LogP contribution in [0.2, 0.25) is 0 Å². The lowest BCUT2D eigenvalue weighted by molar-refractivity contribution is -0.140. The lowest BCUT2D eigenvalue weighted by atomic mass is 10.1. The number of benzene rings is 2. The van der Waals surface area contributed by atoms with E-state index in [1.165, 1.54) is 16.4 Å². The van der Waals surface area contributed by atoms with Crippen molar-refractivity contribution in [2.75, 3.05) is 45.2 Å². The van der Waals surface area contributed by atoms with Crippen molar-refractivity contribution in [3.05, 3.63) is 57.7 Å². The van der Waals surface area contributed by atoms with Crippen molar-refractivity contribution >= 4 is 50.2 Å². The molecule has 1 atom stereocenters. The highest BCUT2D eigenvalue weighted by Gasteiger charge is 2.40. The molecule has 9 nitrogen and oxygen atoms in total. The Balaban J connectivity index is 1.79. The Bertz CT molecular complexity index is 1090. The van der Waals surface area contributed by atoms with Crippen LogP contribution in [0.5, 0.6) is 0 Å². The highest BCUT2D eigenvalue weighted by atomic mass is 127. The van der Waals surface area contributed by atoms with Gasteiger partial charge < -0.3 is 15.3 Å². The molecule has 33 heavy (non-hydrogen) atoms. The van der Waals surface area contributed by atoms with Gasteiger partial charge in [0.05, 0.1) is 11.4 Å². The van der Waals surface area contributed by atoms with Crippen LogP contribution in [0, 0.1) is 3.57 Å². The summed E-state index contributed by atoms with van der Waals surface area (Å²) >= 11 is 2.09. The van der Waals surface area contributed by atoms with Crippen molar-refractivity contribution in [3.8, 4) is 0 Å². The first kappa shape index (κ1) is 25.4. The van der Waals surface area contributed by atoms with Crippen LogP contribution in [-0.4, -0.2) is 80.9 Å². The second-order valence-electron chi connectivity index (χ2n) is 7.99. The first-order valence-corrected chi connectivity index (χ1v) is 12.9. The van der Waals surface area contributed by atoms with Crippen LogP contribution in [0.15, 0.2) is 53.4 Å². The van der Waals surface area contributed by atoms with Crippen LogP contribution in [0.25, 0.3) is 0 Å². The number of carboxylic acid groups (broad SMARTS) is 1. The average Bonchev–Trinajstić information content (AvgIpc) is 2.77. The van der Waals surface area contributed by atoms with Crippen molar-refractivity contribution < 1.29 is 23.1 Å². The quantitative estimate of drug-likeness (QED) is 0.451. The molecule has 1 unspecified atom stereocenters. The molecular weight excluding hydrogens is 559 g/mol. The Morgan fingerprint density at radius 2 is 1.73 bits per heavy atom. The number of hydrogen-bond acceptors (Lipinski definition) is 6. The molecule has 2 N–H and O–H groups in total. The Labute approximate surface area is 207 Å². The minimum absolute atomic E-state index is 0.00129. The van der Waals surface area contributed by atoms with Crippen LogP contribution >= 0.6 is 22.6 Å². The normalized spacial score (nSPS) is 17.5. The van der Waals surface area contributed by atoms with Crippen molar-refractivity contribution in [2.45, 2.75) is 17.5 Å². The van der Waals surface area contributed by atoms with E-state index in [9.17, 15) is 18.0 Å². The predicted molar refractivity (Wildman–Crippen MR) is 134 cm³/mol. The third kappa shape index (κ3) is 6.43. The first-order valence-electron chi connectivity index (χ1n) is 10.3. The van der Waals surface area contributed by atoms with Gasteiger partial charge in [0.1, 0.15) is 6.04 Å². The van der Waals surface area contributed by atoms with Crippen LogP contribution in [0.3, 0.4) is 0 Å². The molecule has 0 bridgehead atoms. The summed E-state index contributed by atoms with van der Waals surface area (Å²) in [4.78, 5) is 28.0. The van der Waals surface area contributed by atoms with E-state index < -0.39 is 27.9 Å². The van der Waals surface area contributed by atoms with Crippen molar-refractivity contribution in [1.29, 1.82) is 0 Å². The summed E-state index contributed by atoms with van der Waals surface area (Å²) < 4.78 is 28.7. The highest BCUT2D eigenvalue weighted by Crippen LogP contribution is 2.23. The zero-order valence-electron chi connectivity index (χ0n) is 18.4. The number of carboxylic acids is 1. The third-order valence-corrected chi connectivity index (χ3v) is 8.06. The molecule has 2 aromatic rings. The van der Waals surface area contributed by atoms with E-state index in [4.69, 9.17) is 5.11 Å². The monoisotopic (exact) mass is 586 g/mol. The van der Waals surface area contributed by atoms with Gasteiger partial charge in [-0.25, -0.2) is 8.42 Å². The van der Waals surface area contributed by atoms with Gasteiger partial charge in [-0.3, -0.25) is 14.5 Å². The van der Waals surface area contributed by atoms with Gasteiger partial charge in [0.15, 0.2) is 0 Å². The van der Waals surface area contributed by atoms with Crippen LogP contribution in [-0.2, 0) is 26.2 Å². The molecule has 0 radical (unpaired) electrons. The van der Waals surface area contributed by atoms with Crippen LogP contribution in [0.1, 0.15) is 5.56 Å². The van der Waals surface area contributed by atoms with Crippen molar-refractivity contribution in [1.82, 2.24) is 14.5 Å². The molecule has 3 rings (SSSR count). The maximum absolute atomic E-state index is 13.3. The summed E-state index contributed by atoms with van der Waals surface area (Å²) in [7, 11) is -0.0616. The Morgan fingerprint density at radius 3 is 2.30 bits per heavy atom. The second-order valence-corrected chi connectivity index (χ2v) is 11.1. The SMILES string of the molecule is CN(C)c1ccc(CNC(=O)C2CN(CC(=O)O)CCN2S(=O)(=O)c2ccc(I)cc2)cc1. The average molecular weight is 586 g/mol. The molecule has 1 aliphatic heterocycles.